The highest BCUT2D eigenvalue weighted by Crippen LogP contribution is 2.15. The molecular weight excluding hydrogens is 251 g/mol. The van der Waals surface area contributed by atoms with Gasteiger partial charge in [0.05, 0.1) is 0 Å². The number of hydrogen-bond acceptors (Lipinski definition) is 2. The van der Waals surface area contributed by atoms with Gasteiger partial charge in [0.1, 0.15) is 0 Å². The zero-order chi connectivity index (χ0) is 8.27. The zero-order valence-corrected chi connectivity index (χ0v) is 8.75. The standard InChI is InChI=1S/C8H15IN2/c1-2-6(9)8(10)7-4-3-5-11-7/h2,6-8,11H,1,3-5,10H2. The van der Waals surface area contributed by atoms with Gasteiger partial charge in [-0.15, -0.1) is 6.58 Å². The molecule has 0 radical (unpaired) electrons. The van der Waals surface area contributed by atoms with E-state index in [1.807, 2.05) is 6.08 Å². The van der Waals surface area contributed by atoms with E-state index in [0.717, 1.165) is 6.54 Å². The fourth-order valence-electron chi connectivity index (χ4n) is 1.42. The largest absolute Gasteiger partial charge is 0.325 e. The van der Waals surface area contributed by atoms with Crippen molar-refractivity contribution in [2.45, 2.75) is 28.8 Å². The molecule has 1 heterocycles. The molecule has 0 aliphatic carbocycles. The highest BCUT2D eigenvalue weighted by atomic mass is 127. The molecular formula is C8H15IN2. The van der Waals surface area contributed by atoms with Gasteiger partial charge >= 0.3 is 0 Å². The highest BCUT2D eigenvalue weighted by Gasteiger charge is 2.24. The van der Waals surface area contributed by atoms with Crippen LogP contribution in [-0.4, -0.2) is 22.6 Å². The minimum absolute atomic E-state index is 0.232. The minimum atomic E-state index is 0.232. The van der Waals surface area contributed by atoms with E-state index in [1.54, 1.807) is 0 Å². The summed E-state index contributed by atoms with van der Waals surface area (Å²) in [6, 6.07) is 0.741. The molecule has 1 aliphatic rings. The monoisotopic (exact) mass is 266 g/mol. The highest BCUT2D eigenvalue weighted by molar-refractivity contribution is 14.1. The molecule has 1 saturated heterocycles. The Morgan fingerprint density at radius 1 is 1.73 bits per heavy atom. The summed E-state index contributed by atoms with van der Waals surface area (Å²) in [6.07, 6.45) is 4.40. The van der Waals surface area contributed by atoms with Gasteiger partial charge in [-0.05, 0) is 19.4 Å². The van der Waals surface area contributed by atoms with E-state index in [2.05, 4.69) is 34.5 Å². The van der Waals surface area contributed by atoms with Gasteiger partial charge in [0.15, 0.2) is 0 Å². The van der Waals surface area contributed by atoms with Crippen LogP contribution in [0.25, 0.3) is 0 Å². The van der Waals surface area contributed by atoms with Gasteiger partial charge in [-0.2, -0.15) is 0 Å². The third-order valence-electron chi connectivity index (χ3n) is 2.16. The number of nitrogens with one attached hydrogen (secondary N) is 1. The first kappa shape index (κ1) is 9.48. The van der Waals surface area contributed by atoms with Crippen molar-refractivity contribution >= 4 is 22.6 Å². The van der Waals surface area contributed by atoms with Crippen molar-refractivity contribution in [1.29, 1.82) is 0 Å². The van der Waals surface area contributed by atoms with E-state index in [1.165, 1.54) is 12.8 Å². The Morgan fingerprint density at radius 3 is 2.91 bits per heavy atom. The van der Waals surface area contributed by atoms with Crippen LogP contribution in [-0.2, 0) is 0 Å². The first-order valence-electron chi connectivity index (χ1n) is 4.01. The lowest BCUT2D eigenvalue weighted by Gasteiger charge is -2.21. The Bertz CT molecular complexity index is 132. The molecule has 3 unspecified atom stereocenters. The Kier molecular flexibility index (Phi) is 3.81. The molecule has 64 valence electrons. The fraction of sp³-hybridized carbons (Fsp3) is 0.750. The summed E-state index contributed by atoms with van der Waals surface area (Å²) >= 11 is 2.34. The molecule has 0 aromatic carbocycles. The van der Waals surface area contributed by atoms with Crippen LogP contribution in [0.15, 0.2) is 12.7 Å². The Labute approximate surface area is 81.8 Å². The van der Waals surface area contributed by atoms with Gasteiger partial charge in [-0.25, -0.2) is 0 Å². The molecule has 0 aromatic heterocycles. The predicted octanol–water partition coefficient (Wildman–Crippen LogP) is 1.06. The molecule has 0 amide bonds. The van der Waals surface area contributed by atoms with E-state index >= 15 is 0 Å². The van der Waals surface area contributed by atoms with Crippen LogP contribution in [0.3, 0.4) is 0 Å². The normalized spacial score (nSPS) is 29.8. The van der Waals surface area contributed by atoms with Crippen LogP contribution in [0.5, 0.6) is 0 Å². The lowest BCUT2D eigenvalue weighted by Crippen LogP contribution is -2.46. The predicted molar refractivity (Wildman–Crippen MR) is 57.0 cm³/mol. The molecule has 0 aromatic rings. The molecule has 3 heteroatoms. The minimum Gasteiger partial charge on any atom is -0.325 e. The van der Waals surface area contributed by atoms with E-state index in [4.69, 9.17) is 5.73 Å². The van der Waals surface area contributed by atoms with Crippen molar-refractivity contribution in [3.63, 3.8) is 0 Å². The summed E-state index contributed by atoms with van der Waals surface area (Å²) in [4.78, 5) is 0. The van der Waals surface area contributed by atoms with Crippen LogP contribution in [0, 0.1) is 0 Å². The second-order valence-corrected chi connectivity index (χ2v) is 4.40. The van der Waals surface area contributed by atoms with Crippen LogP contribution in [0.1, 0.15) is 12.8 Å². The van der Waals surface area contributed by atoms with Gasteiger partial charge < -0.3 is 11.1 Å². The molecule has 1 aliphatic heterocycles. The average molecular weight is 266 g/mol. The fourth-order valence-corrected chi connectivity index (χ4v) is 1.92. The second-order valence-electron chi connectivity index (χ2n) is 2.96. The number of alkyl halides is 1. The molecule has 3 N–H and O–H groups in total. The van der Waals surface area contributed by atoms with Gasteiger partial charge in [0, 0.05) is 16.0 Å². The summed E-state index contributed by atoms with van der Waals surface area (Å²) in [5, 5.41) is 3.39. The van der Waals surface area contributed by atoms with Crippen LogP contribution < -0.4 is 11.1 Å². The van der Waals surface area contributed by atoms with Crippen molar-refractivity contribution in [3.05, 3.63) is 12.7 Å². The number of rotatable bonds is 3. The molecule has 1 rings (SSSR count). The molecule has 3 atom stereocenters. The Hall–Kier alpha value is 0.390. The third kappa shape index (κ3) is 2.42. The summed E-state index contributed by atoms with van der Waals surface area (Å²) < 4.78 is 0.392. The van der Waals surface area contributed by atoms with Crippen LogP contribution in [0.2, 0.25) is 0 Å². The first-order chi connectivity index (χ1) is 5.25. The summed E-state index contributed by atoms with van der Waals surface area (Å²) in [6.45, 7) is 4.86. The summed E-state index contributed by atoms with van der Waals surface area (Å²) in [5.74, 6) is 0. The SMILES string of the molecule is C=CC(I)C(N)C1CCCN1. The van der Waals surface area contributed by atoms with Crippen molar-refractivity contribution in [2.24, 2.45) is 5.73 Å². The maximum absolute atomic E-state index is 5.99. The number of hydrogen-bond donors (Lipinski definition) is 2. The summed E-state index contributed by atoms with van der Waals surface area (Å²) in [7, 11) is 0. The van der Waals surface area contributed by atoms with E-state index in [9.17, 15) is 0 Å². The van der Waals surface area contributed by atoms with Crippen molar-refractivity contribution in [1.82, 2.24) is 5.32 Å². The molecule has 0 bridgehead atoms. The first-order valence-corrected chi connectivity index (χ1v) is 5.26. The average Bonchev–Trinajstić information content (AvgIpc) is 2.53. The van der Waals surface area contributed by atoms with E-state index in [0.29, 0.717) is 9.97 Å². The smallest absolute Gasteiger partial charge is 0.0453 e. The second kappa shape index (κ2) is 4.42. The quantitative estimate of drug-likeness (QED) is 0.455. The molecule has 2 nitrogen and oxygen atoms in total. The third-order valence-corrected chi connectivity index (χ3v) is 3.49. The lowest BCUT2D eigenvalue weighted by atomic mass is 10.0. The Morgan fingerprint density at radius 2 is 2.45 bits per heavy atom. The molecule has 0 saturated carbocycles. The number of halogens is 1. The zero-order valence-electron chi connectivity index (χ0n) is 6.59. The van der Waals surface area contributed by atoms with Gasteiger partial charge in [-0.1, -0.05) is 28.7 Å². The maximum Gasteiger partial charge on any atom is 0.0453 e. The van der Waals surface area contributed by atoms with Gasteiger partial charge in [-0.3, -0.25) is 0 Å². The van der Waals surface area contributed by atoms with Crippen LogP contribution in [0.4, 0.5) is 0 Å². The lowest BCUT2D eigenvalue weighted by molar-refractivity contribution is 0.500. The maximum atomic E-state index is 5.99. The molecule has 1 fully saturated rings. The summed E-state index contributed by atoms with van der Waals surface area (Å²) in [5.41, 5.74) is 5.99. The van der Waals surface area contributed by atoms with E-state index in [-0.39, 0.29) is 6.04 Å². The van der Waals surface area contributed by atoms with Gasteiger partial charge in [0.25, 0.3) is 0 Å². The molecule has 11 heavy (non-hydrogen) atoms. The molecule has 0 spiro atoms. The number of nitrogens with two attached hydrogens (primary N) is 1. The van der Waals surface area contributed by atoms with Crippen molar-refractivity contribution < 1.29 is 0 Å². The topological polar surface area (TPSA) is 38.0 Å². The Balaban J connectivity index is 2.38. The van der Waals surface area contributed by atoms with Gasteiger partial charge in [0.2, 0.25) is 0 Å². The van der Waals surface area contributed by atoms with E-state index < -0.39 is 0 Å². The van der Waals surface area contributed by atoms with Crippen molar-refractivity contribution in [2.75, 3.05) is 6.54 Å². The van der Waals surface area contributed by atoms with Crippen molar-refractivity contribution in [3.8, 4) is 0 Å². The van der Waals surface area contributed by atoms with Crippen LogP contribution >= 0.6 is 22.6 Å².